The molecular formula is C15H20F3NO2. The molecule has 0 aromatic heterocycles. The van der Waals surface area contributed by atoms with Crippen molar-refractivity contribution in [1.82, 2.24) is 0 Å². The molecule has 6 heteroatoms. The average molecular weight is 303 g/mol. The van der Waals surface area contributed by atoms with Crippen molar-refractivity contribution < 1.29 is 22.6 Å². The molecule has 0 spiro atoms. The zero-order chi connectivity index (χ0) is 15.5. The third-order valence-corrected chi connectivity index (χ3v) is 3.32. The van der Waals surface area contributed by atoms with Gasteiger partial charge in [0.1, 0.15) is 5.75 Å². The minimum atomic E-state index is -4.31. The number of halogens is 3. The number of hydrogen-bond acceptors (Lipinski definition) is 3. The van der Waals surface area contributed by atoms with Crippen molar-refractivity contribution in [3.05, 3.63) is 24.3 Å². The van der Waals surface area contributed by atoms with Gasteiger partial charge in [-0.05, 0) is 51.0 Å². The van der Waals surface area contributed by atoms with Crippen molar-refractivity contribution in [2.24, 2.45) is 0 Å². The van der Waals surface area contributed by atoms with Gasteiger partial charge in [0.05, 0.1) is 5.60 Å². The summed E-state index contributed by atoms with van der Waals surface area (Å²) in [7, 11) is 0. The maximum atomic E-state index is 12.1. The molecule has 0 amide bonds. The zero-order valence-electron chi connectivity index (χ0n) is 12.2. The summed E-state index contributed by atoms with van der Waals surface area (Å²) in [6.07, 6.45) is -2.51. The van der Waals surface area contributed by atoms with Gasteiger partial charge in [-0.1, -0.05) is 0 Å². The lowest BCUT2D eigenvalue weighted by Crippen LogP contribution is -2.40. The highest BCUT2D eigenvalue weighted by molar-refractivity contribution is 5.47. The monoisotopic (exact) mass is 303 g/mol. The van der Waals surface area contributed by atoms with Gasteiger partial charge >= 0.3 is 6.18 Å². The molecule has 0 saturated carbocycles. The molecule has 1 aliphatic rings. The SMILES string of the molecule is CC1(C)CC(Nc2ccc(OCC(F)(F)F)cc2)CCO1. The maximum Gasteiger partial charge on any atom is 0.422 e. The van der Waals surface area contributed by atoms with Crippen LogP contribution in [0.3, 0.4) is 0 Å². The Morgan fingerprint density at radius 1 is 1.29 bits per heavy atom. The van der Waals surface area contributed by atoms with E-state index in [2.05, 4.69) is 23.9 Å². The van der Waals surface area contributed by atoms with E-state index < -0.39 is 12.8 Å². The van der Waals surface area contributed by atoms with Gasteiger partial charge < -0.3 is 14.8 Å². The van der Waals surface area contributed by atoms with E-state index in [1.807, 2.05) is 0 Å². The molecule has 1 unspecified atom stereocenters. The van der Waals surface area contributed by atoms with Crippen LogP contribution in [-0.4, -0.2) is 31.0 Å². The summed E-state index contributed by atoms with van der Waals surface area (Å²) in [6.45, 7) is 3.54. The van der Waals surface area contributed by atoms with E-state index in [-0.39, 0.29) is 11.4 Å². The molecule has 1 aliphatic heterocycles. The predicted octanol–water partition coefficient (Wildman–Crippen LogP) is 4.00. The van der Waals surface area contributed by atoms with Crippen LogP contribution in [0.15, 0.2) is 24.3 Å². The quantitative estimate of drug-likeness (QED) is 0.912. The highest BCUT2D eigenvalue weighted by atomic mass is 19.4. The largest absolute Gasteiger partial charge is 0.484 e. The first-order chi connectivity index (χ1) is 9.73. The molecule has 1 saturated heterocycles. The van der Waals surface area contributed by atoms with E-state index in [4.69, 9.17) is 4.74 Å². The Kier molecular flexibility index (Phi) is 4.66. The summed E-state index contributed by atoms with van der Waals surface area (Å²) in [5.41, 5.74) is 0.725. The van der Waals surface area contributed by atoms with Crippen LogP contribution in [0.2, 0.25) is 0 Å². The van der Waals surface area contributed by atoms with Crippen LogP contribution in [0.5, 0.6) is 5.75 Å². The molecule has 2 rings (SSSR count). The first kappa shape index (κ1) is 15.9. The lowest BCUT2D eigenvalue weighted by Gasteiger charge is -2.36. The van der Waals surface area contributed by atoms with E-state index in [9.17, 15) is 13.2 Å². The van der Waals surface area contributed by atoms with Crippen LogP contribution < -0.4 is 10.1 Å². The third kappa shape index (κ3) is 5.46. The van der Waals surface area contributed by atoms with Crippen molar-refractivity contribution in [2.75, 3.05) is 18.5 Å². The molecule has 1 fully saturated rings. The van der Waals surface area contributed by atoms with Crippen LogP contribution in [0.4, 0.5) is 18.9 Å². The van der Waals surface area contributed by atoms with E-state index in [0.29, 0.717) is 12.6 Å². The van der Waals surface area contributed by atoms with E-state index >= 15 is 0 Å². The molecular weight excluding hydrogens is 283 g/mol. The number of nitrogens with one attached hydrogen (secondary N) is 1. The molecule has 1 aromatic carbocycles. The van der Waals surface area contributed by atoms with Crippen LogP contribution in [-0.2, 0) is 4.74 Å². The molecule has 118 valence electrons. The minimum absolute atomic E-state index is 0.147. The average Bonchev–Trinajstić information content (AvgIpc) is 2.36. The summed E-state index contributed by atoms with van der Waals surface area (Å²) in [6, 6.07) is 6.84. The number of hydrogen-bond donors (Lipinski definition) is 1. The summed E-state index contributed by atoms with van der Waals surface area (Å²) < 4.78 is 46.5. The number of rotatable bonds is 4. The molecule has 1 N–H and O–H groups in total. The van der Waals surface area contributed by atoms with E-state index in [1.54, 1.807) is 24.3 Å². The summed E-state index contributed by atoms with van der Waals surface area (Å²) in [4.78, 5) is 0. The normalized spacial score (nSPS) is 21.9. The molecule has 1 aromatic rings. The molecule has 1 heterocycles. The summed E-state index contributed by atoms with van der Waals surface area (Å²) >= 11 is 0. The fourth-order valence-electron chi connectivity index (χ4n) is 2.40. The number of benzene rings is 1. The lowest BCUT2D eigenvalue weighted by atomic mass is 9.94. The lowest BCUT2D eigenvalue weighted by molar-refractivity contribution is -0.153. The van der Waals surface area contributed by atoms with Crippen molar-refractivity contribution in [1.29, 1.82) is 0 Å². The van der Waals surface area contributed by atoms with Crippen molar-refractivity contribution in [2.45, 2.75) is 44.5 Å². The number of anilines is 1. The molecule has 3 nitrogen and oxygen atoms in total. The summed E-state index contributed by atoms with van der Waals surface area (Å²) in [5, 5.41) is 3.38. The van der Waals surface area contributed by atoms with Gasteiger partial charge in [0, 0.05) is 18.3 Å². The van der Waals surface area contributed by atoms with Gasteiger partial charge in [0.25, 0.3) is 0 Å². The second-order valence-electron chi connectivity index (χ2n) is 5.87. The van der Waals surface area contributed by atoms with Gasteiger partial charge in [0.2, 0.25) is 0 Å². The second kappa shape index (κ2) is 6.13. The Labute approximate surface area is 122 Å². The predicted molar refractivity (Wildman–Crippen MR) is 74.7 cm³/mol. The van der Waals surface area contributed by atoms with Gasteiger partial charge in [-0.25, -0.2) is 0 Å². The fourth-order valence-corrected chi connectivity index (χ4v) is 2.40. The van der Waals surface area contributed by atoms with E-state index in [1.165, 1.54) is 0 Å². The van der Waals surface area contributed by atoms with E-state index in [0.717, 1.165) is 18.5 Å². The second-order valence-corrected chi connectivity index (χ2v) is 5.87. The fraction of sp³-hybridized carbons (Fsp3) is 0.600. The molecule has 21 heavy (non-hydrogen) atoms. The standard InChI is InChI=1S/C15H20F3NO2/c1-14(2)9-12(7-8-21-14)19-11-3-5-13(6-4-11)20-10-15(16,17)18/h3-6,12,19H,7-10H2,1-2H3. The third-order valence-electron chi connectivity index (χ3n) is 3.32. The molecule has 0 radical (unpaired) electrons. The van der Waals surface area contributed by atoms with Crippen LogP contribution >= 0.6 is 0 Å². The van der Waals surface area contributed by atoms with Crippen LogP contribution in [0, 0.1) is 0 Å². The van der Waals surface area contributed by atoms with Crippen LogP contribution in [0.1, 0.15) is 26.7 Å². The van der Waals surface area contributed by atoms with Crippen LogP contribution in [0.25, 0.3) is 0 Å². The van der Waals surface area contributed by atoms with Gasteiger partial charge in [-0.15, -0.1) is 0 Å². The Bertz CT molecular complexity index is 457. The number of alkyl halides is 3. The smallest absolute Gasteiger partial charge is 0.422 e. The first-order valence-corrected chi connectivity index (χ1v) is 6.94. The molecule has 0 bridgehead atoms. The number of ether oxygens (including phenoxy) is 2. The first-order valence-electron chi connectivity index (χ1n) is 6.94. The topological polar surface area (TPSA) is 30.5 Å². The zero-order valence-corrected chi connectivity index (χ0v) is 12.2. The Hall–Kier alpha value is -1.43. The van der Waals surface area contributed by atoms with Crippen molar-refractivity contribution in [3.63, 3.8) is 0 Å². The highest BCUT2D eigenvalue weighted by Gasteiger charge is 2.29. The van der Waals surface area contributed by atoms with Crippen molar-refractivity contribution in [3.8, 4) is 5.75 Å². The highest BCUT2D eigenvalue weighted by Crippen LogP contribution is 2.27. The Morgan fingerprint density at radius 2 is 1.95 bits per heavy atom. The Morgan fingerprint density at radius 3 is 2.52 bits per heavy atom. The minimum Gasteiger partial charge on any atom is -0.484 e. The van der Waals surface area contributed by atoms with Gasteiger partial charge in [-0.2, -0.15) is 13.2 Å². The molecule has 0 aliphatic carbocycles. The van der Waals surface area contributed by atoms with Gasteiger partial charge in [0.15, 0.2) is 6.61 Å². The Balaban J connectivity index is 1.87. The van der Waals surface area contributed by atoms with Crippen molar-refractivity contribution >= 4 is 5.69 Å². The van der Waals surface area contributed by atoms with Gasteiger partial charge in [-0.3, -0.25) is 0 Å². The maximum absolute atomic E-state index is 12.1. The molecule has 1 atom stereocenters. The summed E-state index contributed by atoms with van der Waals surface area (Å²) in [5.74, 6) is 0.213.